The third-order valence-corrected chi connectivity index (χ3v) is 4.31. The Hall–Kier alpha value is -2.87. The Labute approximate surface area is 163 Å². The van der Waals surface area contributed by atoms with Crippen LogP contribution in [0.1, 0.15) is 19.4 Å². The molecule has 0 aliphatic carbocycles. The summed E-state index contributed by atoms with van der Waals surface area (Å²) < 4.78 is 16.8. The van der Waals surface area contributed by atoms with Crippen molar-refractivity contribution in [2.24, 2.45) is 5.92 Å². The number of nitrogens with one attached hydrogen (secondary N) is 1. The zero-order chi connectivity index (χ0) is 20.5. The second kappa shape index (κ2) is 10.5. The summed E-state index contributed by atoms with van der Waals surface area (Å²) >= 11 is 0. The van der Waals surface area contributed by atoms with E-state index in [-0.39, 0.29) is 24.9 Å². The Morgan fingerprint density at radius 1 is 1.29 bits per heavy atom. The van der Waals surface area contributed by atoms with Gasteiger partial charge in [0.1, 0.15) is 12.2 Å². The van der Waals surface area contributed by atoms with Crippen molar-refractivity contribution in [3.63, 3.8) is 0 Å². The largest absolute Gasteiger partial charge is 0.494 e. The first kappa shape index (κ1) is 21.4. The van der Waals surface area contributed by atoms with Gasteiger partial charge >= 0.3 is 12.1 Å². The molecule has 152 valence electrons. The van der Waals surface area contributed by atoms with E-state index in [1.54, 1.807) is 6.92 Å². The van der Waals surface area contributed by atoms with Gasteiger partial charge in [0.2, 0.25) is 0 Å². The van der Waals surface area contributed by atoms with Gasteiger partial charge in [-0.05, 0) is 25.8 Å². The maximum absolute atomic E-state index is 12.3. The van der Waals surface area contributed by atoms with E-state index in [9.17, 15) is 14.4 Å². The molecule has 8 heteroatoms. The number of amides is 1. The first-order chi connectivity index (χ1) is 13.4. The second-order valence-corrected chi connectivity index (χ2v) is 6.65. The molecule has 0 spiro atoms. The number of hydrogen-bond donors (Lipinski definition) is 2. The molecule has 0 bridgehead atoms. The van der Waals surface area contributed by atoms with E-state index < -0.39 is 30.3 Å². The molecule has 4 atom stereocenters. The predicted octanol–water partition coefficient (Wildman–Crippen LogP) is 1.93. The molecule has 1 aliphatic rings. The normalized spacial score (nSPS) is 25.9. The molecule has 2 rings (SSSR count). The molecule has 1 fully saturated rings. The number of ketones is 1. The Morgan fingerprint density at radius 2 is 2.00 bits per heavy atom. The van der Waals surface area contributed by atoms with Crippen molar-refractivity contribution < 1.29 is 33.7 Å². The fourth-order valence-electron chi connectivity index (χ4n) is 3.00. The molecule has 1 aromatic carbocycles. The maximum atomic E-state index is 12.3. The molecule has 0 radical (unpaired) electrons. The van der Waals surface area contributed by atoms with Crippen molar-refractivity contribution in [1.82, 2.24) is 5.32 Å². The number of allylic oxidation sites excluding steroid dienone is 1. The summed E-state index contributed by atoms with van der Waals surface area (Å²) in [7, 11) is 0. The van der Waals surface area contributed by atoms with Crippen LogP contribution in [0.4, 0.5) is 4.79 Å². The van der Waals surface area contributed by atoms with E-state index in [1.807, 2.05) is 30.3 Å². The summed E-state index contributed by atoms with van der Waals surface area (Å²) in [4.78, 5) is 34.4. The zero-order valence-corrected chi connectivity index (χ0v) is 15.9. The monoisotopic (exact) mass is 391 g/mol. The zero-order valence-electron chi connectivity index (χ0n) is 15.9. The molecule has 0 aromatic heterocycles. The highest BCUT2D eigenvalue weighted by atomic mass is 16.6. The van der Waals surface area contributed by atoms with Gasteiger partial charge in [0.25, 0.3) is 0 Å². The molecule has 1 saturated heterocycles. The molecule has 1 aromatic rings. The van der Waals surface area contributed by atoms with Crippen molar-refractivity contribution in [2.75, 3.05) is 13.2 Å². The molecule has 1 amide bonds. The average molecular weight is 391 g/mol. The van der Waals surface area contributed by atoms with E-state index >= 15 is 0 Å². The Bertz CT molecular complexity index is 704. The third-order valence-electron chi connectivity index (χ3n) is 4.31. The lowest BCUT2D eigenvalue weighted by Gasteiger charge is -2.30. The summed E-state index contributed by atoms with van der Waals surface area (Å²) in [5.74, 6) is -1.10. The number of rotatable bonds is 6. The van der Waals surface area contributed by atoms with Crippen molar-refractivity contribution >= 4 is 17.8 Å². The summed E-state index contributed by atoms with van der Waals surface area (Å²) in [6, 6.07) is 8.59. The van der Waals surface area contributed by atoms with Gasteiger partial charge in [0.15, 0.2) is 11.8 Å². The van der Waals surface area contributed by atoms with Crippen molar-refractivity contribution in [1.29, 1.82) is 0 Å². The minimum Gasteiger partial charge on any atom is -0.494 e. The lowest BCUT2D eigenvalue weighted by Crippen LogP contribution is -2.45. The van der Waals surface area contributed by atoms with Gasteiger partial charge in [-0.1, -0.05) is 30.3 Å². The lowest BCUT2D eigenvalue weighted by atomic mass is 9.91. The molecule has 2 N–H and O–H groups in total. The summed E-state index contributed by atoms with van der Waals surface area (Å²) in [6.45, 7) is 3.16. The fourth-order valence-corrected chi connectivity index (χ4v) is 3.00. The van der Waals surface area contributed by atoms with Crippen LogP contribution in [0.2, 0.25) is 0 Å². The van der Waals surface area contributed by atoms with Crippen LogP contribution in [0.5, 0.6) is 0 Å². The number of esters is 1. The van der Waals surface area contributed by atoms with Gasteiger partial charge in [0.05, 0.1) is 19.5 Å². The van der Waals surface area contributed by atoms with Crippen LogP contribution < -0.4 is 5.32 Å². The molecular formula is C20H25NO7. The van der Waals surface area contributed by atoms with Crippen LogP contribution >= 0.6 is 0 Å². The molecular weight excluding hydrogens is 366 g/mol. The van der Waals surface area contributed by atoms with Gasteiger partial charge in [0, 0.05) is 12.0 Å². The Morgan fingerprint density at radius 3 is 2.64 bits per heavy atom. The summed E-state index contributed by atoms with van der Waals surface area (Å²) in [6.07, 6.45) is 0.575. The van der Waals surface area contributed by atoms with Crippen LogP contribution in [0.25, 0.3) is 0 Å². The first-order valence-electron chi connectivity index (χ1n) is 9.01. The Balaban J connectivity index is 2.23. The molecule has 0 saturated carbocycles. The Kier molecular flexibility index (Phi) is 8.01. The molecule has 28 heavy (non-hydrogen) atoms. The van der Waals surface area contributed by atoms with Gasteiger partial charge in [-0.2, -0.15) is 0 Å². The number of ether oxygens (including phenoxy) is 3. The number of carbonyl (C=O) groups is 3. The highest BCUT2D eigenvalue weighted by Crippen LogP contribution is 2.23. The topological polar surface area (TPSA) is 111 Å². The fraction of sp³-hybridized carbons (Fsp3) is 0.450. The van der Waals surface area contributed by atoms with E-state index in [0.717, 1.165) is 5.56 Å². The van der Waals surface area contributed by atoms with Gasteiger partial charge < -0.3 is 24.6 Å². The number of carboxylic acid groups (broad SMARTS) is 1. The predicted molar refractivity (Wildman–Crippen MR) is 99.7 cm³/mol. The van der Waals surface area contributed by atoms with Crippen molar-refractivity contribution in [3.8, 4) is 0 Å². The van der Waals surface area contributed by atoms with E-state index in [1.165, 1.54) is 19.3 Å². The van der Waals surface area contributed by atoms with Crippen molar-refractivity contribution in [3.05, 3.63) is 48.2 Å². The van der Waals surface area contributed by atoms with E-state index in [4.69, 9.17) is 19.3 Å². The molecule has 0 unspecified atom stereocenters. The van der Waals surface area contributed by atoms with Crippen LogP contribution in [-0.4, -0.2) is 54.4 Å². The molecule has 1 heterocycles. The number of carbonyl (C=O) groups excluding carboxylic acids is 2. The quantitative estimate of drug-likeness (QED) is 0.433. The van der Waals surface area contributed by atoms with Gasteiger partial charge in [-0.15, -0.1) is 0 Å². The number of cyclic esters (lactones) is 1. The number of benzene rings is 1. The average Bonchev–Trinajstić information content (AvgIpc) is 2.67. The van der Waals surface area contributed by atoms with Crippen LogP contribution in [0.3, 0.4) is 0 Å². The lowest BCUT2D eigenvalue weighted by molar-refractivity contribution is -0.157. The SMILES string of the molecule is CC(=O)C=CO[C@@H]1[C@@H](Cc2ccccc2)COC[C@H](NC(=O)O)C(=O)O[C@H]1C. The molecule has 8 nitrogen and oxygen atoms in total. The third kappa shape index (κ3) is 6.70. The molecule has 1 aliphatic heterocycles. The minimum atomic E-state index is -1.34. The van der Waals surface area contributed by atoms with Crippen LogP contribution in [0, 0.1) is 5.92 Å². The minimum absolute atomic E-state index is 0.140. The standard InChI is InChI=1S/C20H25NO7/c1-13(22)8-9-27-18-14(2)28-19(23)17(21-20(24)25)12-26-11-16(18)10-15-6-4-3-5-7-15/h3-9,14,16-18,21H,10-12H2,1-2H3,(H,24,25)/t14-,16-,17-,18-/m0/s1. The smallest absolute Gasteiger partial charge is 0.405 e. The highest BCUT2D eigenvalue weighted by Gasteiger charge is 2.35. The first-order valence-corrected chi connectivity index (χ1v) is 9.01. The van der Waals surface area contributed by atoms with E-state index in [2.05, 4.69) is 5.32 Å². The van der Waals surface area contributed by atoms with Crippen LogP contribution in [0.15, 0.2) is 42.7 Å². The van der Waals surface area contributed by atoms with E-state index in [0.29, 0.717) is 6.42 Å². The van der Waals surface area contributed by atoms with Crippen molar-refractivity contribution in [2.45, 2.75) is 38.5 Å². The second-order valence-electron chi connectivity index (χ2n) is 6.65. The highest BCUT2D eigenvalue weighted by molar-refractivity contribution is 5.86. The van der Waals surface area contributed by atoms with Gasteiger partial charge in [-0.3, -0.25) is 4.79 Å². The van der Waals surface area contributed by atoms with Gasteiger partial charge in [-0.25, -0.2) is 9.59 Å². The number of hydrogen-bond acceptors (Lipinski definition) is 6. The van der Waals surface area contributed by atoms with Crippen LogP contribution in [-0.2, 0) is 30.2 Å². The maximum Gasteiger partial charge on any atom is 0.405 e. The summed E-state index contributed by atoms with van der Waals surface area (Å²) in [5.41, 5.74) is 1.05. The summed E-state index contributed by atoms with van der Waals surface area (Å²) in [5, 5.41) is 11.0.